The molecule has 0 bridgehead atoms. The van der Waals surface area contributed by atoms with Crippen LogP contribution in [0.3, 0.4) is 0 Å². The average Bonchev–Trinajstić information content (AvgIpc) is 2.49. The van der Waals surface area contributed by atoms with Crippen molar-refractivity contribution in [2.45, 2.75) is 38.8 Å². The van der Waals surface area contributed by atoms with E-state index in [9.17, 15) is 0 Å². The highest BCUT2D eigenvalue weighted by Gasteiger charge is 2.21. The largest absolute Gasteiger partial charge is 0.378 e. The Morgan fingerprint density at radius 1 is 1.62 bits per heavy atom. The highest BCUT2D eigenvalue weighted by Crippen LogP contribution is 2.18. The molecule has 1 aliphatic heterocycles. The van der Waals surface area contributed by atoms with Gasteiger partial charge in [0.1, 0.15) is 0 Å². The lowest BCUT2D eigenvalue weighted by Crippen LogP contribution is -2.33. The van der Waals surface area contributed by atoms with E-state index < -0.39 is 0 Å². The molecular weight excluding hydrogens is 164 g/mol. The molecule has 3 nitrogen and oxygen atoms in total. The monoisotopic (exact) mass is 186 g/mol. The molecule has 0 aromatic carbocycles. The van der Waals surface area contributed by atoms with Crippen molar-refractivity contribution in [3.63, 3.8) is 0 Å². The van der Waals surface area contributed by atoms with Gasteiger partial charge in [0.15, 0.2) is 0 Å². The van der Waals surface area contributed by atoms with Gasteiger partial charge in [0.25, 0.3) is 0 Å². The smallest absolute Gasteiger partial charge is 0.0551 e. The summed E-state index contributed by atoms with van der Waals surface area (Å²) in [5.41, 5.74) is 5.47. The SMILES string of the molecule is CC(CCN)NCC1COC(C)C1. The molecule has 0 spiro atoms. The lowest BCUT2D eigenvalue weighted by Gasteiger charge is -2.15. The van der Waals surface area contributed by atoms with Crippen LogP contribution < -0.4 is 11.1 Å². The summed E-state index contributed by atoms with van der Waals surface area (Å²) in [4.78, 5) is 0. The van der Waals surface area contributed by atoms with E-state index in [0.29, 0.717) is 18.1 Å². The molecule has 1 rings (SSSR count). The van der Waals surface area contributed by atoms with Crippen molar-refractivity contribution in [3.8, 4) is 0 Å². The maximum atomic E-state index is 5.49. The normalized spacial score (nSPS) is 30.7. The molecule has 0 saturated carbocycles. The zero-order chi connectivity index (χ0) is 9.68. The number of ether oxygens (including phenoxy) is 1. The Kier molecular flexibility index (Phi) is 4.70. The summed E-state index contributed by atoms with van der Waals surface area (Å²) in [7, 11) is 0. The second kappa shape index (κ2) is 5.58. The van der Waals surface area contributed by atoms with Gasteiger partial charge in [-0.2, -0.15) is 0 Å². The van der Waals surface area contributed by atoms with Gasteiger partial charge in [-0.3, -0.25) is 0 Å². The molecule has 1 heterocycles. The molecule has 0 aromatic heterocycles. The highest BCUT2D eigenvalue weighted by atomic mass is 16.5. The Bertz CT molecular complexity index is 141. The summed E-state index contributed by atoms with van der Waals surface area (Å²) in [6.45, 7) is 7.09. The number of hydrogen-bond donors (Lipinski definition) is 2. The van der Waals surface area contributed by atoms with E-state index in [-0.39, 0.29) is 0 Å². The third-order valence-corrected chi connectivity index (χ3v) is 2.64. The van der Waals surface area contributed by atoms with E-state index in [4.69, 9.17) is 10.5 Å². The first kappa shape index (κ1) is 11.0. The predicted octanol–water partition coefficient (Wildman–Crippen LogP) is 0.738. The standard InChI is InChI=1S/C10H22N2O/c1-8(3-4-11)12-6-10-5-9(2)13-7-10/h8-10,12H,3-7,11H2,1-2H3. The fourth-order valence-corrected chi connectivity index (χ4v) is 1.77. The lowest BCUT2D eigenvalue weighted by atomic mass is 10.1. The minimum Gasteiger partial charge on any atom is -0.378 e. The van der Waals surface area contributed by atoms with Crippen LogP contribution in [0.25, 0.3) is 0 Å². The first-order valence-corrected chi connectivity index (χ1v) is 5.27. The van der Waals surface area contributed by atoms with Crippen molar-refractivity contribution in [1.29, 1.82) is 0 Å². The number of nitrogens with one attached hydrogen (secondary N) is 1. The Labute approximate surface area is 81.0 Å². The van der Waals surface area contributed by atoms with E-state index in [1.165, 1.54) is 6.42 Å². The first-order chi connectivity index (χ1) is 6.22. The van der Waals surface area contributed by atoms with Gasteiger partial charge >= 0.3 is 0 Å². The second-order valence-electron chi connectivity index (χ2n) is 4.13. The maximum absolute atomic E-state index is 5.49. The summed E-state index contributed by atoms with van der Waals surface area (Å²) in [5, 5.41) is 3.49. The van der Waals surface area contributed by atoms with Crippen LogP contribution in [0.5, 0.6) is 0 Å². The van der Waals surface area contributed by atoms with Gasteiger partial charge in [0, 0.05) is 12.6 Å². The van der Waals surface area contributed by atoms with Gasteiger partial charge in [0.05, 0.1) is 12.7 Å². The topological polar surface area (TPSA) is 47.3 Å². The van der Waals surface area contributed by atoms with E-state index in [1.807, 2.05) is 0 Å². The second-order valence-corrected chi connectivity index (χ2v) is 4.13. The molecule has 1 fully saturated rings. The zero-order valence-corrected chi connectivity index (χ0v) is 8.75. The zero-order valence-electron chi connectivity index (χ0n) is 8.75. The van der Waals surface area contributed by atoms with Crippen molar-refractivity contribution in [1.82, 2.24) is 5.32 Å². The number of rotatable bonds is 5. The van der Waals surface area contributed by atoms with Gasteiger partial charge < -0.3 is 15.8 Å². The van der Waals surface area contributed by atoms with Crippen LogP contribution in [0.4, 0.5) is 0 Å². The molecule has 0 amide bonds. The van der Waals surface area contributed by atoms with Crippen molar-refractivity contribution in [2.75, 3.05) is 19.7 Å². The predicted molar refractivity (Wildman–Crippen MR) is 54.7 cm³/mol. The lowest BCUT2D eigenvalue weighted by molar-refractivity contribution is 0.120. The minimum absolute atomic E-state index is 0.455. The van der Waals surface area contributed by atoms with Crippen molar-refractivity contribution >= 4 is 0 Å². The van der Waals surface area contributed by atoms with Gasteiger partial charge in [-0.15, -0.1) is 0 Å². The highest BCUT2D eigenvalue weighted by molar-refractivity contribution is 4.73. The van der Waals surface area contributed by atoms with Crippen LogP contribution in [0.1, 0.15) is 26.7 Å². The fraction of sp³-hybridized carbons (Fsp3) is 1.00. The van der Waals surface area contributed by atoms with Crippen LogP contribution in [0.15, 0.2) is 0 Å². The molecule has 0 radical (unpaired) electrons. The van der Waals surface area contributed by atoms with Gasteiger partial charge in [-0.05, 0) is 39.2 Å². The van der Waals surface area contributed by atoms with Crippen LogP contribution in [0.2, 0.25) is 0 Å². The van der Waals surface area contributed by atoms with Gasteiger partial charge in [0.2, 0.25) is 0 Å². The van der Waals surface area contributed by atoms with Crippen molar-refractivity contribution in [3.05, 3.63) is 0 Å². The molecule has 1 aliphatic rings. The molecule has 1 saturated heterocycles. The van der Waals surface area contributed by atoms with Gasteiger partial charge in [-0.1, -0.05) is 0 Å². The Morgan fingerprint density at radius 2 is 2.38 bits per heavy atom. The molecule has 0 aromatic rings. The van der Waals surface area contributed by atoms with Crippen LogP contribution in [-0.4, -0.2) is 31.8 Å². The molecule has 3 unspecified atom stereocenters. The van der Waals surface area contributed by atoms with Crippen LogP contribution in [0, 0.1) is 5.92 Å². The van der Waals surface area contributed by atoms with Gasteiger partial charge in [-0.25, -0.2) is 0 Å². The average molecular weight is 186 g/mol. The minimum atomic E-state index is 0.455. The molecule has 3 heteroatoms. The molecule has 0 aliphatic carbocycles. The maximum Gasteiger partial charge on any atom is 0.0551 e. The van der Waals surface area contributed by atoms with Crippen molar-refractivity contribution < 1.29 is 4.74 Å². The summed E-state index contributed by atoms with van der Waals surface area (Å²) in [6.07, 6.45) is 2.71. The van der Waals surface area contributed by atoms with E-state index in [1.54, 1.807) is 0 Å². The van der Waals surface area contributed by atoms with Crippen molar-refractivity contribution in [2.24, 2.45) is 11.7 Å². The Hall–Kier alpha value is -0.120. The van der Waals surface area contributed by atoms with E-state index >= 15 is 0 Å². The van der Waals surface area contributed by atoms with E-state index in [2.05, 4.69) is 19.2 Å². The third kappa shape index (κ3) is 4.07. The number of hydrogen-bond acceptors (Lipinski definition) is 3. The third-order valence-electron chi connectivity index (χ3n) is 2.64. The number of nitrogens with two attached hydrogens (primary N) is 1. The summed E-state index contributed by atoms with van der Waals surface area (Å²) in [5.74, 6) is 0.704. The Balaban J connectivity index is 2.05. The molecule has 3 atom stereocenters. The summed E-state index contributed by atoms with van der Waals surface area (Å²) in [6, 6.07) is 0.543. The fourth-order valence-electron chi connectivity index (χ4n) is 1.77. The van der Waals surface area contributed by atoms with E-state index in [0.717, 1.165) is 26.1 Å². The molecular formula is C10H22N2O. The summed E-state index contributed by atoms with van der Waals surface area (Å²) < 4.78 is 5.49. The Morgan fingerprint density at radius 3 is 2.92 bits per heavy atom. The first-order valence-electron chi connectivity index (χ1n) is 5.27. The van der Waals surface area contributed by atoms with Crippen LogP contribution >= 0.6 is 0 Å². The molecule has 78 valence electrons. The molecule has 3 N–H and O–H groups in total. The summed E-state index contributed by atoms with van der Waals surface area (Å²) >= 11 is 0. The quantitative estimate of drug-likeness (QED) is 0.665. The van der Waals surface area contributed by atoms with Crippen LogP contribution in [-0.2, 0) is 4.74 Å². The molecule has 13 heavy (non-hydrogen) atoms.